The molecule has 1 saturated heterocycles. The summed E-state index contributed by atoms with van der Waals surface area (Å²) >= 11 is 1.21. The standard InChI is InChI=1S/C28H28F3N5O4S/c1-16(22-10-11-23(41-22)25(32)33)35-27(39)21-12-28(31,14-29)15-36(21)24(37)13-34-26(38)17-2-6-19(7-3-17)40-20-8-4-18(30)5-9-20/h2-11,16,21H,12-15H2,1H3,(H3,32,33)(H,34,38)(H,35,39)/t16-,21+,28+/m1/s1. The van der Waals surface area contributed by atoms with Gasteiger partial charge in [0.1, 0.15) is 35.9 Å². The lowest BCUT2D eigenvalue weighted by Crippen LogP contribution is -2.49. The fraction of sp³-hybridized carbons (Fsp3) is 0.286. The summed E-state index contributed by atoms with van der Waals surface area (Å²) in [5.74, 6) is -1.73. The van der Waals surface area contributed by atoms with Gasteiger partial charge in [-0.2, -0.15) is 0 Å². The lowest BCUT2D eigenvalue weighted by atomic mass is 10.0. The molecule has 0 spiro atoms. The van der Waals surface area contributed by atoms with Gasteiger partial charge < -0.3 is 26.0 Å². The van der Waals surface area contributed by atoms with Crippen LogP contribution in [0, 0.1) is 11.2 Å². The minimum absolute atomic E-state index is 0.117. The Bertz CT molecular complexity index is 1430. The van der Waals surface area contributed by atoms with Gasteiger partial charge in [-0.1, -0.05) is 0 Å². The summed E-state index contributed by atoms with van der Waals surface area (Å²) < 4.78 is 47.2. The molecule has 41 heavy (non-hydrogen) atoms. The van der Waals surface area contributed by atoms with Crippen LogP contribution in [0.25, 0.3) is 0 Å². The Kier molecular flexibility index (Phi) is 8.96. The molecule has 3 atom stereocenters. The van der Waals surface area contributed by atoms with Crippen molar-refractivity contribution in [1.82, 2.24) is 15.5 Å². The second-order valence-electron chi connectivity index (χ2n) is 9.64. The average Bonchev–Trinajstić information content (AvgIpc) is 3.59. The number of nitrogens with two attached hydrogens (primary N) is 1. The summed E-state index contributed by atoms with van der Waals surface area (Å²) in [7, 11) is 0. The summed E-state index contributed by atoms with van der Waals surface area (Å²) in [5.41, 5.74) is 3.30. The number of rotatable bonds is 10. The van der Waals surface area contributed by atoms with Crippen molar-refractivity contribution in [2.75, 3.05) is 19.8 Å². The smallest absolute Gasteiger partial charge is 0.251 e. The van der Waals surface area contributed by atoms with Crippen LogP contribution in [-0.2, 0) is 9.59 Å². The maximum absolute atomic E-state index is 15.0. The van der Waals surface area contributed by atoms with E-state index in [9.17, 15) is 27.6 Å². The molecule has 0 radical (unpaired) electrons. The molecule has 2 aromatic carbocycles. The summed E-state index contributed by atoms with van der Waals surface area (Å²) in [6, 6.07) is 12.9. The number of hydrogen-bond donors (Lipinski definition) is 4. The molecule has 0 aliphatic carbocycles. The van der Waals surface area contributed by atoms with E-state index in [1.807, 2.05) is 0 Å². The third-order valence-electron chi connectivity index (χ3n) is 6.50. The molecular formula is C28H28F3N5O4S. The van der Waals surface area contributed by atoms with Crippen LogP contribution in [0.5, 0.6) is 11.5 Å². The number of nitrogen functional groups attached to an aromatic ring is 1. The fourth-order valence-electron chi connectivity index (χ4n) is 4.31. The first-order chi connectivity index (χ1) is 19.5. The SMILES string of the molecule is C[C@@H](NC(=O)[C@@H]1C[C@](F)(CF)CN1C(=O)CNC(=O)c1ccc(Oc2ccc(F)cc2)cc1)c1ccc(C(=N)N)s1. The molecule has 1 fully saturated rings. The molecule has 9 nitrogen and oxygen atoms in total. The van der Waals surface area contributed by atoms with Crippen LogP contribution in [-0.4, -0.2) is 59.9 Å². The highest BCUT2D eigenvalue weighted by atomic mass is 32.1. The van der Waals surface area contributed by atoms with Crippen LogP contribution in [0.1, 0.15) is 39.5 Å². The Morgan fingerprint density at radius 1 is 1.12 bits per heavy atom. The molecule has 5 N–H and O–H groups in total. The van der Waals surface area contributed by atoms with Crippen molar-refractivity contribution in [1.29, 1.82) is 5.41 Å². The highest BCUT2D eigenvalue weighted by molar-refractivity contribution is 7.14. The predicted molar refractivity (Wildman–Crippen MR) is 147 cm³/mol. The summed E-state index contributed by atoms with van der Waals surface area (Å²) in [5, 5.41) is 12.7. The van der Waals surface area contributed by atoms with E-state index < -0.39 is 67.5 Å². The molecule has 4 rings (SSSR count). The van der Waals surface area contributed by atoms with E-state index >= 15 is 0 Å². The molecule has 216 valence electrons. The molecule has 3 aromatic rings. The summed E-state index contributed by atoms with van der Waals surface area (Å²) in [4.78, 5) is 40.8. The Morgan fingerprint density at radius 3 is 2.34 bits per heavy atom. The molecule has 13 heteroatoms. The number of benzene rings is 2. The Labute approximate surface area is 238 Å². The number of nitrogens with zero attached hydrogens (tertiary/aromatic N) is 1. The molecule has 3 amide bonds. The second kappa shape index (κ2) is 12.4. The van der Waals surface area contributed by atoms with Gasteiger partial charge in [0.15, 0.2) is 5.67 Å². The van der Waals surface area contributed by atoms with Gasteiger partial charge in [-0.25, -0.2) is 13.2 Å². The van der Waals surface area contributed by atoms with Gasteiger partial charge >= 0.3 is 0 Å². The minimum Gasteiger partial charge on any atom is -0.457 e. The lowest BCUT2D eigenvalue weighted by Gasteiger charge is -2.25. The summed E-state index contributed by atoms with van der Waals surface area (Å²) in [6.07, 6.45) is -0.527. The van der Waals surface area contributed by atoms with Crippen molar-refractivity contribution in [3.8, 4) is 11.5 Å². The number of halogens is 3. The minimum atomic E-state index is -2.39. The number of amidine groups is 1. The van der Waals surface area contributed by atoms with Crippen LogP contribution >= 0.6 is 11.3 Å². The highest BCUT2D eigenvalue weighted by Crippen LogP contribution is 2.32. The first-order valence-electron chi connectivity index (χ1n) is 12.6. The third kappa shape index (κ3) is 7.23. The number of nitrogens with one attached hydrogen (secondary N) is 3. The Balaban J connectivity index is 1.36. The maximum atomic E-state index is 15.0. The van der Waals surface area contributed by atoms with Gasteiger partial charge in [0.25, 0.3) is 5.91 Å². The van der Waals surface area contributed by atoms with Crippen molar-refractivity contribution >= 4 is 34.9 Å². The number of ether oxygens (including phenoxy) is 1. The van der Waals surface area contributed by atoms with Gasteiger partial charge in [-0.05, 0) is 67.6 Å². The van der Waals surface area contributed by atoms with Crippen LogP contribution in [0.15, 0.2) is 60.7 Å². The zero-order valence-corrected chi connectivity index (χ0v) is 22.8. The lowest BCUT2D eigenvalue weighted by molar-refractivity contribution is -0.138. The molecule has 1 aromatic heterocycles. The summed E-state index contributed by atoms with van der Waals surface area (Å²) in [6.45, 7) is -0.862. The van der Waals surface area contributed by atoms with E-state index in [1.54, 1.807) is 19.1 Å². The molecule has 0 bridgehead atoms. The van der Waals surface area contributed by atoms with E-state index in [0.29, 0.717) is 21.3 Å². The second-order valence-corrected chi connectivity index (χ2v) is 10.8. The van der Waals surface area contributed by atoms with Crippen molar-refractivity contribution in [2.24, 2.45) is 5.73 Å². The number of thiophene rings is 1. The largest absolute Gasteiger partial charge is 0.457 e. The van der Waals surface area contributed by atoms with E-state index in [4.69, 9.17) is 15.9 Å². The van der Waals surface area contributed by atoms with Crippen molar-refractivity contribution in [2.45, 2.75) is 31.1 Å². The van der Waals surface area contributed by atoms with Gasteiger partial charge in [-0.15, -0.1) is 11.3 Å². The molecule has 0 unspecified atom stereocenters. The third-order valence-corrected chi connectivity index (χ3v) is 7.80. The number of carbonyl (C=O) groups is 3. The zero-order valence-electron chi connectivity index (χ0n) is 22.0. The van der Waals surface area contributed by atoms with E-state index in [0.717, 1.165) is 4.90 Å². The number of hydrogen-bond acceptors (Lipinski definition) is 6. The first kappa shape index (κ1) is 29.6. The van der Waals surface area contributed by atoms with Crippen LogP contribution in [0.4, 0.5) is 13.2 Å². The van der Waals surface area contributed by atoms with Crippen molar-refractivity contribution in [3.63, 3.8) is 0 Å². The van der Waals surface area contributed by atoms with Crippen molar-refractivity contribution < 1.29 is 32.3 Å². The number of carbonyl (C=O) groups excluding carboxylic acids is 3. The fourth-order valence-corrected chi connectivity index (χ4v) is 5.19. The molecule has 2 heterocycles. The first-order valence-corrected chi connectivity index (χ1v) is 13.4. The topological polar surface area (TPSA) is 138 Å². The van der Waals surface area contributed by atoms with Gasteiger partial charge in [0.2, 0.25) is 11.8 Å². The van der Waals surface area contributed by atoms with Crippen LogP contribution in [0.3, 0.4) is 0 Å². The zero-order chi connectivity index (χ0) is 29.7. The maximum Gasteiger partial charge on any atom is 0.251 e. The normalized spacial score (nSPS) is 18.9. The van der Waals surface area contributed by atoms with E-state index in [1.165, 1.54) is 59.9 Å². The molecule has 1 aliphatic heterocycles. The van der Waals surface area contributed by atoms with E-state index in [-0.39, 0.29) is 11.4 Å². The highest BCUT2D eigenvalue weighted by Gasteiger charge is 2.49. The molecular weight excluding hydrogens is 559 g/mol. The van der Waals surface area contributed by atoms with Crippen molar-refractivity contribution in [3.05, 3.63) is 81.8 Å². The van der Waals surface area contributed by atoms with Gasteiger partial charge in [-0.3, -0.25) is 19.8 Å². The van der Waals surface area contributed by atoms with Crippen LogP contribution in [0.2, 0.25) is 0 Å². The number of likely N-dealkylation sites (tertiary alicyclic amines) is 1. The Morgan fingerprint density at radius 2 is 1.76 bits per heavy atom. The number of alkyl halides is 2. The van der Waals surface area contributed by atoms with E-state index in [2.05, 4.69) is 10.6 Å². The monoisotopic (exact) mass is 587 g/mol. The molecule has 1 aliphatic rings. The van der Waals surface area contributed by atoms with Crippen LogP contribution < -0.4 is 21.1 Å². The quantitative estimate of drug-likeness (QED) is 0.211. The number of amides is 3. The predicted octanol–water partition coefficient (Wildman–Crippen LogP) is 3.85. The van der Waals surface area contributed by atoms with Gasteiger partial charge in [0.05, 0.1) is 24.0 Å². The van der Waals surface area contributed by atoms with Gasteiger partial charge in [0, 0.05) is 16.9 Å². The Hall–Kier alpha value is -4.39. The molecule has 0 saturated carbocycles. The average molecular weight is 588 g/mol.